The zero-order valence-corrected chi connectivity index (χ0v) is 15.3. The van der Waals surface area contributed by atoms with Crippen LogP contribution in [0.3, 0.4) is 0 Å². The van der Waals surface area contributed by atoms with Crippen molar-refractivity contribution in [3.8, 4) is 17.2 Å². The highest BCUT2D eigenvalue weighted by atomic mass is 32.2. The van der Waals surface area contributed by atoms with Gasteiger partial charge in [0.15, 0.2) is 28.6 Å². The van der Waals surface area contributed by atoms with Crippen LogP contribution in [0.25, 0.3) is 10.8 Å². The third-order valence-corrected chi connectivity index (χ3v) is 5.61. The fourth-order valence-corrected chi connectivity index (χ4v) is 4.28. The molecule has 3 nitrogen and oxygen atoms in total. The van der Waals surface area contributed by atoms with E-state index in [1.807, 2.05) is 18.2 Å². The van der Waals surface area contributed by atoms with Crippen LogP contribution < -0.4 is 14.2 Å². The molecule has 7 heteroatoms. The molecule has 0 aliphatic carbocycles. The van der Waals surface area contributed by atoms with E-state index < -0.39 is 22.9 Å². The minimum absolute atomic E-state index is 0.0167. The summed E-state index contributed by atoms with van der Waals surface area (Å²) in [4.78, 5) is 0. The summed E-state index contributed by atoms with van der Waals surface area (Å²) < 4.78 is 57.4. The molecule has 0 saturated heterocycles. The second-order valence-electron chi connectivity index (χ2n) is 6.02. The zero-order valence-electron chi connectivity index (χ0n) is 14.5. The van der Waals surface area contributed by atoms with Gasteiger partial charge < -0.3 is 14.2 Å². The van der Waals surface area contributed by atoms with Crippen molar-refractivity contribution in [2.45, 2.75) is 11.2 Å². The molecule has 0 spiro atoms. The number of halogens is 3. The van der Waals surface area contributed by atoms with Crippen molar-refractivity contribution in [1.29, 1.82) is 0 Å². The second kappa shape index (κ2) is 6.88. The number of hydrogen-bond acceptors (Lipinski definition) is 4. The molecule has 1 aliphatic heterocycles. The van der Waals surface area contributed by atoms with E-state index in [9.17, 15) is 13.2 Å². The highest BCUT2D eigenvalue weighted by molar-refractivity contribution is 7.98. The second-order valence-corrected chi connectivity index (χ2v) is 7.07. The van der Waals surface area contributed by atoms with Crippen LogP contribution in [0.15, 0.2) is 36.4 Å². The first-order valence-electron chi connectivity index (χ1n) is 8.12. The van der Waals surface area contributed by atoms with E-state index in [0.717, 1.165) is 22.4 Å². The van der Waals surface area contributed by atoms with Gasteiger partial charge in [-0.15, -0.1) is 11.8 Å². The number of benzene rings is 3. The monoisotopic (exact) mass is 392 g/mol. The first-order valence-corrected chi connectivity index (χ1v) is 9.17. The third kappa shape index (κ3) is 3.06. The van der Waals surface area contributed by atoms with Gasteiger partial charge in [-0.05, 0) is 35.0 Å². The number of fused-ring (bicyclic) bond motifs is 3. The molecule has 27 heavy (non-hydrogen) atoms. The van der Waals surface area contributed by atoms with Crippen molar-refractivity contribution in [3.63, 3.8) is 0 Å². The Morgan fingerprint density at radius 1 is 0.926 bits per heavy atom. The molecule has 0 fully saturated rings. The number of thioether (sulfide) groups is 1. The van der Waals surface area contributed by atoms with Crippen LogP contribution in [-0.2, 0) is 5.75 Å². The SMILES string of the molecule is COc1cc2ccc3c(c2cc1OC)CSC(c1cc(F)c(F)cc1F)O3. The summed E-state index contributed by atoms with van der Waals surface area (Å²) in [6.07, 6.45) is 0. The van der Waals surface area contributed by atoms with E-state index in [-0.39, 0.29) is 5.56 Å². The van der Waals surface area contributed by atoms with Crippen molar-refractivity contribution in [1.82, 2.24) is 0 Å². The van der Waals surface area contributed by atoms with E-state index in [0.29, 0.717) is 29.1 Å². The van der Waals surface area contributed by atoms with E-state index >= 15 is 0 Å². The van der Waals surface area contributed by atoms with E-state index in [2.05, 4.69) is 0 Å². The van der Waals surface area contributed by atoms with E-state index in [1.54, 1.807) is 20.3 Å². The van der Waals surface area contributed by atoms with Gasteiger partial charge >= 0.3 is 0 Å². The van der Waals surface area contributed by atoms with Crippen LogP contribution >= 0.6 is 11.8 Å². The van der Waals surface area contributed by atoms with Gasteiger partial charge in [0.05, 0.1) is 14.2 Å². The summed E-state index contributed by atoms with van der Waals surface area (Å²) in [7, 11) is 3.13. The standard InChI is InChI=1S/C20H15F3O3S/c1-24-18-5-10-3-4-17-13(11(10)7-19(18)25-2)9-27-20(26-17)12-6-15(22)16(23)8-14(12)21/h3-8,20H,9H2,1-2H3. The lowest BCUT2D eigenvalue weighted by Gasteiger charge is -2.27. The van der Waals surface area contributed by atoms with Gasteiger partial charge in [-0.2, -0.15) is 0 Å². The average molecular weight is 392 g/mol. The van der Waals surface area contributed by atoms with Crippen molar-refractivity contribution in [3.05, 3.63) is 65.0 Å². The summed E-state index contributed by atoms with van der Waals surface area (Å²) >= 11 is 1.30. The van der Waals surface area contributed by atoms with Crippen LogP contribution in [0, 0.1) is 17.5 Å². The summed E-state index contributed by atoms with van der Waals surface area (Å²) in [6.45, 7) is 0. The van der Waals surface area contributed by atoms with Crippen molar-refractivity contribution in [2.75, 3.05) is 14.2 Å². The molecule has 0 bridgehead atoms. The molecule has 0 radical (unpaired) electrons. The lowest BCUT2D eigenvalue weighted by molar-refractivity contribution is 0.280. The Balaban J connectivity index is 1.75. The molecule has 1 atom stereocenters. The number of methoxy groups -OCH3 is 2. The van der Waals surface area contributed by atoms with Crippen LogP contribution in [0.4, 0.5) is 13.2 Å². The minimum Gasteiger partial charge on any atom is -0.493 e. The molecular weight excluding hydrogens is 377 g/mol. The van der Waals surface area contributed by atoms with Crippen molar-refractivity contribution >= 4 is 22.5 Å². The molecule has 3 aromatic carbocycles. The zero-order chi connectivity index (χ0) is 19.1. The predicted octanol–water partition coefficient (Wildman–Crippen LogP) is 5.60. The highest BCUT2D eigenvalue weighted by Crippen LogP contribution is 2.46. The van der Waals surface area contributed by atoms with Crippen LogP contribution in [0.2, 0.25) is 0 Å². The number of rotatable bonds is 3. The predicted molar refractivity (Wildman–Crippen MR) is 98.0 cm³/mol. The Labute approximate surface area is 158 Å². The molecule has 1 unspecified atom stereocenters. The molecule has 3 aromatic rings. The molecular formula is C20H15F3O3S. The van der Waals surface area contributed by atoms with Gasteiger partial charge in [0.2, 0.25) is 0 Å². The molecule has 0 saturated carbocycles. The highest BCUT2D eigenvalue weighted by Gasteiger charge is 2.27. The number of ether oxygens (including phenoxy) is 3. The normalized spacial score (nSPS) is 16.0. The van der Waals surface area contributed by atoms with Gasteiger partial charge in [0.1, 0.15) is 11.6 Å². The van der Waals surface area contributed by atoms with Gasteiger partial charge in [0.25, 0.3) is 0 Å². The minimum atomic E-state index is -1.22. The average Bonchev–Trinajstić information content (AvgIpc) is 2.69. The van der Waals surface area contributed by atoms with Gasteiger partial charge in [-0.3, -0.25) is 0 Å². The molecule has 140 valence electrons. The Kier molecular flexibility index (Phi) is 4.55. The van der Waals surface area contributed by atoms with E-state index in [4.69, 9.17) is 14.2 Å². The first-order chi connectivity index (χ1) is 13.0. The quantitative estimate of drug-likeness (QED) is 0.543. The van der Waals surface area contributed by atoms with Gasteiger partial charge in [-0.1, -0.05) is 6.07 Å². The summed E-state index contributed by atoms with van der Waals surface area (Å²) in [6, 6.07) is 8.79. The maximum atomic E-state index is 14.1. The van der Waals surface area contributed by atoms with Gasteiger partial charge in [0, 0.05) is 22.9 Å². The fraction of sp³-hybridized carbons (Fsp3) is 0.200. The maximum Gasteiger partial charge on any atom is 0.173 e. The van der Waals surface area contributed by atoms with Gasteiger partial charge in [-0.25, -0.2) is 13.2 Å². The largest absolute Gasteiger partial charge is 0.493 e. The third-order valence-electron chi connectivity index (χ3n) is 4.50. The Hall–Kier alpha value is -2.54. The smallest absolute Gasteiger partial charge is 0.173 e. The molecule has 1 heterocycles. The topological polar surface area (TPSA) is 27.7 Å². The summed E-state index contributed by atoms with van der Waals surface area (Å²) in [5.74, 6) is -0.843. The van der Waals surface area contributed by atoms with Crippen LogP contribution in [0.1, 0.15) is 16.6 Å². The molecule has 1 aliphatic rings. The molecule has 0 aromatic heterocycles. The molecule has 0 amide bonds. The Morgan fingerprint density at radius 3 is 2.37 bits per heavy atom. The summed E-state index contributed by atoms with van der Waals surface area (Å²) in [5, 5.41) is 1.88. The summed E-state index contributed by atoms with van der Waals surface area (Å²) in [5.41, 5.74) is 0.153. The maximum absolute atomic E-state index is 14.1. The molecule has 4 rings (SSSR count). The van der Waals surface area contributed by atoms with Crippen LogP contribution in [0.5, 0.6) is 17.2 Å². The van der Waals surface area contributed by atoms with Crippen molar-refractivity contribution < 1.29 is 27.4 Å². The Bertz CT molecular complexity index is 1040. The lowest BCUT2D eigenvalue weighted by atomic mass is 10.0. The first kappa shape index (κ1) is 17.9. The van der Waals surface area contributed by atoms with E-state index in [1.165, 1.54) is 11.8 Å². The number of hydrogen-bond donors (Lipinski definition) is 0. The Morgan fingerprint density at radius 2 is 1.63 bits per heavy atom. The molecule has 0 N–H and O–H groups in total. The fourth-order valence-electron chi connectivity index (χ4n) is 3.13. The lowest BCUT2D eigenvalue weighted by Crippen LogP contribution is -2.13. The van der Waals surface area contributed by atoms with Crippen molar-refractivity contribution in [2.24, 2.45) is 0 Å². The van der Waals surface area contributed by atoms with Crippen LogP contribution in [-0.4, -0.2) is 14.2 Å².